The molecule has 0 spiro atoms. The summed E-state index contributed by atoms with van der Waals surface area (Å²) in [5.41, 5.74) is 5.70. The Kier molecular flexibility index (Phi) is 6.83. The Morgan fingerprint density at radius 3 is 2.71 bits per heavy atom. The summed E-state index contributed by atoms with van der Waals surface area (Å²) in [6.45, 7) is -0.0623. The minimum Gasteiger partial charge on any atom is -0.484 e. The molecular weight excluding hydrogens is 506 g/mol. The van der Waals surface area contributed by atoms with Crippen LogP contribution in [0.4, 0.5) is 26.1 Å². The number of halogens is 2. The fraction of sp³-hybridized carbons (Fsp3) is 0.105. The van der Waals surface area contributed by atoms with Gasteiger partial charge in [-0.25, -0.2) is 18.4 Å². The predicted octanol–water partition coefficient (Wildman–Crippen LogP) is 2.71. The first-order chi connectivity index (χ1) is 16.7. The summed E-state index contributed by atoms with van der Waals surface area (Å²) in [6.07, 6.45) is 5.87. The maximum Gasteiger partial charge on any atom is 0.355 e. The summed E-state index contributed by atoms with van der Waals surface area (Å²) in [6, 6.07) is 3.92. The highest BCUT2D eigenvalue weighted by molar-refractivity contribution is 7.93. The van der Waals surface area contributed by atoms with Crippen LogP contribution in [-0.2, 0) is 16.6 Å². The van der Waals surface area contributed by atoms with E-state index in [1.807, 2.05) is 0 Å². The van der Waals surface area contributed by atoms with Gasteiger partial charge in [0.2, 0.25) is 0 Å². The monoisotopic (exact) mass is 522 g/mol. The van der Waals surface area contributed by atoms with Crippen molar-refractivity contribution in [1.29, 1.82) is 0 Å². The number of nitrogens with two attached hydrogens (primary N) is 1. The molecule has 4 rings (SSSR count). The third kappa shape index (κ3) is 5.49. The van der Waals surface area contributed by atoms with Crippen LogP contribution in [0.2, 0.25) is 0 Å². The van der Waals surface area contributed by atoms with Gasteiger partial charge in [0.25, 0.3) is 15.9 Å². The zero-order valence-corrected chi connectivity index (χ0v) is 19.1. The number of sulfonamides is 1. The molecular formula is C19H16F2N8O4S2. The maximum atomic E-state index is 12.9. The summed E-state index contributed by atoms with van der Waals surface area (Å²) < 4.78 is 56.8. The minimum absolute atomic E-state index is 0.0255. The van der Waals surface area contributed by atoms with Crippen molar-refractivity contribution in [1.82, 2.24) is 25.1 Å². The number of aromatic amines is 1. The molecule has 16 heteroatoms. The van der Waals surface area contributed by atoms with E-state index in [-0.39, 0.29) is 40.7 Å². The average molecular weight is 523 g/mol. The Morgan fingerprint density at radius 1 is 1.23 bits per heavy atom. The van der Waals surface area contributed by atoms with E-state index in [1.54, 1.807) is 16.3 Å². The van der Waals surface area contributed by atoms with Crippen LogP contribution in [0, 0.1) is 0 Å². The average Bonchev–Trinajstić information content (AvgIpc) is 3.49. The van der Waals surface area contributed by atoms with Crippen molar-refractivity contribution >= 4 is 44.6 Å². The van der Waals surface area contributed by atoms with Crippen molar-refractivity contribution < 1.29 is 26.7 Å². The summed E-state index contributed by atoms with van der Waals surface area (Å²) in [5.74, 6) is -4.12. The molecule has 0 saturated carbocycles. The molecule has 0 bridgehead atoms. The number of hydrogen-bond acceptors (Lipinski definition) is 10. The number of alkyl halides is 2. The first-order valence-corrected chi connectivity index (χ1v) is 12.0. The van der Waals surface area contributed by atoms with Gasteiger partial charge < -0.3 is 15.8 Å². The molecule has 0 atom stereocenters. The van der Waals surface area contributed by atoms with Gasteiger partial charge in [0.15, 0.2) is 0 Å². The van der Waals surface area contributed by atoms with Crippen molar-refractivity contribution in [3.8, 4) is 17.0 Å². The van der Waals surface area contributed by atoms with Gasteiger partial charge in [-0.2, -0.15) is 13.9 Å². The van der Waals surface area contributed by atoms with Crippen LogP contribution >= 0.6 is 11.3 Å². The topological polar surface area (TPSA) is 178 Å². The summed E-state index contributed by atoms with van der Waals surface area (Å²) in [5, 5.41) is 11.9. The molecule has 3 heterocycles. The number of benzene rings is 1. The molecule has 0 aliphatic heterocycles. The highest BCUT2D eigenvalue weighted by Crippen LogP contribution is 2.35. The van der Waals surface area contributed by atoms with Crippen LogP contribution in [0.5, 0.6) is 5.75 Å². The van der Waals surface area contributed by atoms with Gasteiger partial charge in [-0.15, -0.1) is 11.3 Å². The molecule has 0 saturated heterocycles. The number of carbonyl (C=O) groups excluding carboxylic acids is 1. The molecule has 0 unspecified atom stereocenters. The number of H-pyrrole nitrogens is 1. The lowest BCUT2D eigenvalue weighted by atomic mass is 10.1. The highest BCUT2D eigenvalue weighted by atomic mass is 32.2. The van der Waals surface area contributed by atoms with E-state index in [4.69, 9.17) is 10.5 Å². The Morgan fingerprint density at radius 2 is 2.06 bits per heavy atom. The SMILES string of the molecule is NC(=O)c1c(-c2ccc(NS(=O)(=O)C(F)F)c(OCc3nccs3)c2)n[nH]c1Nc1cnccn1. The number of carbonyl (C=O) groups is 1. The second-order valence-corrected chi connectivity index (χ2v) is 9.36. The van der Waals surface area contributed by atoms with Gasteiger partial charge >= 0.3 is 5.76 Å². The van der Waals surface area contributed by atoms with Gasteiger partial charge in [0.1, 0.15) is 40.3 Å². The van der Waals surface area contributed by atoms with Crippen LogP contribution in [-0.4, -0.2) is 45.2 Å². The Hall–Kier alpha value is -4.18. The molecule has 0 aliphatic rings. The fourth-order valence-electron chi connectivity index (χ4n) is 2.91. The van der Waals surface area contributed by atoms with Crippen molar-refractivity contribution in [3.05, 3.63) is 58.9 Å². The number of nitrogens with one attached hydrogen (secondary N) is 3. The molecule has 1 aromatic carbocycles. The van der Waals surface area contributed by atoms with Crippen molar-refractivity contribution in [3.63, 3.8) is 0 Å². The second kappa shape index (κ2) is 9.98. The van der Waals surface area contributed by atoms with Gasteiger partial charge in [-0.05, 0) is 12.1 Å². The third-order valence-corrected chi connectivity index (χ3v) is 6.13. The molecule has 35 heavy (non-hydrogen) atoms. The van der Waals surface area contributed by atoms with Crippen LogP contribution in [0.15, 0.2) is 48.4 Å². The molecule has 0 radical (unpaired) electrons. The molecule has 182 valence electrons. The number of hydrogen-bond donors (Lipinski definition) is 4. The van der Waals surface area contributed by atoms with E-state index >= 15 is 0 Å². The molecule has 3 aromatic heterocycles. The largest absolute Gasteiger partial charge is 0.484 e. The van der Waals surface area contributed by atoms with Gasteiger partial charge in [0.05, 0.1) is 11.9 Å². The first kappa shape index (κ1) is 24.0. The number of rotatable bonds is 10. The van der Waals surface area contributed by atoms with E-state index in [0.717, 1.165) is 0 Å². The van der Waals surface area contributed by atoms with Crippen molar-refractivity contribution in [2.75, 3.05) is 10.0 Å². The third-order valence-electron chi connectivity index (χ3n) is 4.41. The Bertz CT molecular complexity index is 1430. The summed E-state index contributed by atoms with van der Waals surface area (Å²) in [7, 11) is -4.97. The van der Waals surface area contributed by atoms with E-state index < -0.39 is 21.7 Å². The highest BCUT2D eigenvalue weighted by Gasteiger charge is 2.26. The van der Waals surface area contributed by atoms with Crippen molar-refractivity contribution in [2.24, 2.45) is 5.73 Å². The van der Waals surface area contributed by atoms with Crippen LogP contribution < -0.4 is 20.5 Å². The van der Waals surface area contributed by atoms with E-state index in [9.17, 15) is 22.0 Å². The molecule has 1 amide bonds. The quantitative estimate of drug-likeness (QED) is 0.244. The number of anilines is 3. The molecule has 0 fully saturated rings. The molecule has 4 aromatic rings. The number of thiazole rings is 1. The number of primary amides is 1. The zero-order chi connectivity index (χ0) is 25.0. The van der Waals surface area contributed by atoms with E-state index in [0.29, 0.717) is 10.8 Å². The van der Waals surface area contributed by atoms with Gasteiger partial charge in [0, 0.05) is 29.5 Å². The Balaban J connectivity index is 1.72. The number of aromatic nitrogens is 5. The normalized spacial score (nSPS) is 11.4. The number of ether oxygens (including phenoxy) is 1. The zero-order valence-electron chi connectivity index (χ0n) is 17.5. The lowest BCUT2D eigenvalue weighted by Crippen LogP contribution is -2.21. The summed E-state index contributed by atoms with van der Waals surface area (Å²) in [4.78, 5) is 24.3. The second-order valence-electron chi connectivity index (χ2n) is 6.74. The van der Waals surface area contributed by atoms with Crippen LogP contribution in [0.3, 0.4) is 0 Å². The van der Waals surface area contributed by atoms with E-state index in [1.165, 1.54) is 48.1 Å². The first-order valence-electron chi connectivity index (χ1n) is 9.61. The lowest BCUT2D eigenvalue weighted by Gasteiger charge is -2.14. The molecule has 5 N–H and O–H groups in total. The maximum absolute atomic E-state index is 12.9. The number of nitrogens with zero attached hydrogens (tertiary/aromatic N) is 4. The van der Waals surface area contributed by atoms with Crippen LogP contribution in [0.25, 0.3) is 11.3 Å². The predicted molar refractivity (Wildman–Crippen MR) is 123 cm³/mol. The minimum atomic E-state index is -4.97. The lowest BCUT2D eigenvalue weighted by molar-refractivity contribution is 0.100. The van der Waals surface area contributed by atoms with Crippen LogP contribution in [0.1, 0.15) is 15.4 Å². The smallest absolute Gasteiger partial charge is 0.355 e. The Labute approximate surface area is 200 Å². The van der Waals surface area contributed by atoms with Gasteiger partial charge in [-0.3, -0.25) is 19.6 Å². The molecule has 0 aliphatic carbocycles. The summed E-state index contributed by atoms with van der Waals surface area (Å²) >= 11 is 1.28. The van der Waals surface area contributed by atoms with Gasteiger partial charge in [-0.1, -0.05) is 6.07 Å². The molecule has 12 nitrogen and oxygen atoms in total. The number of amides is 1. The van der Waals surface area contributed by atoms with E-state index in [2.05, 4.69) is 30.5 Å². The van der Waals surface area contributed by atoms with Crippen molar-refractivity contribution in [2.45, 2.75) is 12.4 Å². The standard InChI is InChI=1S/C19H16F2N8O4S2/c20-19(21)35(31,32)29-11-2-1-10(7-12(11)33-9-14-25-5-6-34-14)16-15(17(22)30)18(28-27-16)26-13-8-23-3-4-24-13/h1-8,19,29H,9H2,(H2,22,30)(H2,24,26,27,28). The fourth-order valence-corrected chi connectivity index (χ4v) is 4.00.